The zero-order valence-corrected chi connectivity index (χ0v) is 15.3. The fourth-order valence-electron chi connectivity index (χ4n) is 3.34. The van der Waals surface area contributed by atoms with Crippen molar-refractivity contribution >= 4 is 21.5 Å². The van der Waals surface area contributed by atoms with Gasteiger partial charge in [-0.3, -0.25) is 4.98 Å². The molecule has 0 fully saturated rings. The zero-order valence-electron chi connectivity index (χ0n) is 13.7. The van der Waals surface area contributed by atoms with Gasteiger partial charge in [-0.1, -0.05) is 50.8 Å². The van der Waals surface area contributed by atoms with Crippen LogP contribution in [0, 0.1) is 0 Å². The second-order valence-electron chi connectivity index (χ2n) is 6.28. The van der Waals surface area contributed by atoms with Gasteiger partial charge in [0, 0.05) is 21.6 Å². The lowest BCUT2D eigenvalue weighted by Gasteiger charge is -2.23. The standard InChI is InChI=1S/C21H20BrN/c1-5-7-16-17-10-8-14(20-11-9-15(22)13-23-20)12-19(17)21(3,4)18(16)6-2/h5-13H,2H2,1,3-4H3/b7-5-. The van der Waals surface area contributed by atoms with E-state index in [2.05, 4.69) is 78.6 Å². The van der Waals surface area contributed by atoms with Crippen LogP contribution in [0.5, 0.6) is 0 Å². The van der Waals surface area contributed by atoms with Gasteiger partial charge in [-0.05, 0) is 63.3 Å². The van der Waals surface area contributed by atoms with Crippen molar-refractivity contribution < 1.29 is 0 Å². The van der Waals surface area contributed by atoms with Gasteiger partial charge in [-0.25, -0.2) is 0 Å². The summed E-state index contributed by atoms with van der Waals surface area (Å²) in [7, 11) is 0. The molecule has 3 rings (SSSR count). The van der Waals surface area contributed by atoms with Crippen LogP contribution in [0.1, 0.15) is 31.9 Å². The molecule has 0 unspecified atom stereocenters. The molecule has 0 bridgehead atoms. The molecule has 0 aliphatic heterocycles. The molecule has 1 aliphatic carbocycles. The van der Waals surface area contributed by atoms with Gasteiger partial charge in [-0.15, -0.1) is 0 Å². The molecule has 1 aromatic carbocycles. The molecule has 2 heteroatoms. The van der Waals surface area contributed by atoms with E-state index in [1.54, 1.807) is 0 Å². The summed E-state index contributed by atoms with van der Waals surface area (Å²) in [6.45, 7) is 10.6. The Morgan fingerprint density at radius 3 is 2.57 bits per heavy atom. The normalized spacial score (nSPS) is 16.0. The lowest BCUT2D eigenvalue weighted by atomic mass is 9.80. The van der Waals surface area contributed by atoms with E-state index in [1.165, 1.54) is 22.3 Å². The predicted molar refractivity (Wildman–Crippen MR) is 102 cm³/mol. The maximum Gasteiger partial charge on any atom is 0.0702 e. The van der Waals surface area contributed by atoms with Crippen molar-refractivity contribution in [2.75, 3.05) is 0 Å². The van der Waals surface area contributed by atoms with Gasteiger partial charge in [0.25, 0.3) is 0 Å². The largest absolute Gasteiger partial charge is 0.255 e. The molecule has 0 spiro atoms. The van der Waals surface area contributed by atoms with Gasteiger partial charge in [0.15, 0.2) is 0 Å². The van der Waals surface area contributed by atoms with Crippen LogP contribution in [0.2, 0.25) is 0 Å². The lowest BCUT2D eigenvalue weighted by molar-refractivity contribution is 0.655. The molecular formula is C21H20BrN. The maximum absolute atomic E-state index is 4.52. The molecule has 0 saturated carbocycles. The van der Waals surface area contributed by atoms with Crippen LogP contribution in [-0.4, -0.2) is 4.98 Å². The van der Waals surface area contributed by atoms with Gasteiger partial charge in [-0.2, -0.15) is 0 Å². The molecule has 0 saturated heterocycles. The van der Waals surface area contributed by atoms with Gasteiger partial charge in [0.05, 0.1) is 5.69 Å². The first-order valence-electron chi connectivity index (χ1n) is 7.75. The monoisotopic (exact) mass is 365 g/mol. The van der Waals surface area contributed by atoms with Crippen LogP contribution >= 0.6 is 15.9 Å². The number of halogens is 1. The summed E-state index contributed by atoms with van der Waals surface area (Å²) in [4.78, 5) is 4.52. The second-order valence-corrected chi connectivity index (χ2v) is 7.19. The van der Waals surface area contributed by atoms with E-state index in [1.807, 2.05) is 24.4 Å². The Labute approximate surface area is 146 Å². The van der Waals surface area contributed by atoms with Crippen molar-refractivity contribution in [3.63, 3.8) is 0 Å². The Bertz CT molecular complexity index is 823. The third-order valence-electron chi connectivity index (χ3n) is 4.51. The SMILES string of the molecule is C=CC1=C(/C=C\C)c2ccc(-c3ccc(Br)cn3)cc2C1(C)C. The van der Waals surface area contributed by atoms with Gasteiger partial charge in [0.1, 0.15) is 0 Å². The topological polar surface area (TPSA) is 12.9 Å². The van der Waals surface area contributed by atoms with Crippen molar-refractivity contribution in [1.29, 1.82) is 0 Å². The van der Waals surface area contributed by atoms with E-state index >= 15 is 0 Å². The van der Waals surface area contributed by atoms with Gasteiger partial charge >= 0.3 is 0 Å². The van der Waals surface area contributed by atoms with Crippen LogP contribution in [0.4, 0.5) is 0 Å². The summed E-state index contributed by atoms with van der Waals surface area (Å²) in [6.07, 6.45) is 8.11. The van der Waals surface area contributed by atoms with Crippen molar-refractivity contribution in [2.24, 2.45) is 0 Å². The van der Waals surface area contributed by atoms with Crippen molar-refractivity contribution in [3.8, 4) is 11.3 Å². The molecule has 0 amide bonds. The van der Waals surface area contributed by atoms with Crippen LogP contribution in [0.3, 0.4) is 0 Å². The van der Waals surface area contributed by atoms with Crippen LogP contribution in [0.25, 0.3) is 16.8 Å². The third-order valence-corrected chi connectivity index (χ3v) is 4.98. The number of fused-ring (bicyclic) bond motifs is 1. The fraction of sp³-hybridized carbons (Fsp3) is 0.190. The second kappa shape index (κ2) is 5.93. The number of pyridine rings is 1. The number of aromatic nitrogens is 1. The Balaban J connectivity index is 2.17. The molecule has 0 atom stereocenters. The summed E-state index contributed by atoms with van der Waals surface area (Å²) in [6, 6.07) is 10.7. The molecule has 23 heavy (non-hydrogen) atoms. The van der Waals surface area contributed by atoms with Crippen LogP contribution in [-0.2, 0) is 5.41 Å². The Morgan fingerprint density at radius 1 is 1.17 bits per heavy atom. The molecule has 1 nitrogen and oxygen atoms in total. The third kappa shape index (κ3) is 2.61. The first kappa shape index (κ1) is 15.9. The average molecular weight is 366 g/mol. The van der Waals surface area contributed by atoms with Crippen molar-refractivity contribution in [1.82, 2.24) is 4.98 Å². The maximum atomic E-state index is 4.52. The summed E-state index contributed by atoms with van der Waals surface area (Å²) in [5.74, 6) is 0. The molecule has 1 aliphatic rings. The Hall–Kier alpha value is -1.93. The lowest BCUT2D eigenvalue weighted by Crippen LogP contribution is -2.16. The van der Waals surface area contributed by atoms with Crippen LogP contribution in [0.15, 0.2) is 71.4 Å². The minimum Gasteiger partial charge on any atom is -0.255 e. The molecular weight excluding hydrogens is 346 g/mol. The molecule has 2 aromatic rings. The van der Waals surface area contributed by atoms with Crippen molar-refractivity contribution in [3.05, 3.63) is 82.5 Å². The predicted octanol–water partition coefficient (Wildman–Crippen LogP) is 6.32. The number of hydrogen-bond acceptors (Lipinski definition) is 1. The highest BCUT2D eigenvalue weighted by atomic mass is 79.9. The molecule has 1 aromatic heterocycles. The van der Waals surface area contributed by atoms with E-state index in [-0.39, 0.29) is 5.41 Å². The zero-order chi connectivity index (χ0) is 16.6. The first-order chi connectivity index (χ1) is 11.0. The summed E-state index contributed by atoms with van der Waals surface area (Å²) < 4.78 is 0.994. The molecule has 0 N–H and O–H groups in total. The fourth-order valence-corrected chi connectivity index (χ4v) is 3.57. The average Bonchev–Trinajstić information content (AvgIpc) is 2.75. The molecule has 0 radical (unpaired) electrons. The van der Waals surface area contributed by atoms with Gasteiger partial charge in [0.2, 0.25) is 0 Å². The molecule has 116 valence electrons. The number of allylic oxidation sites excluding steroid dienone is 5. The highest BCUT2D eigenvalue weighted by molar-refractivity contribution is 9.10. The highest BCUT2D eigenvalue weighted by Crippen LogP contribution is 2.48. The van der Waals surface area contributed by atoms with E-state index < -0.39 is 0 Å². The summed E-state index contributed by atoms with van der Waals surface area (Å²) >= 11 is 3.44. The van der Waals surface area contributed by atoms with Crippen molar-refractivity contribution in [2.45, 2.75) is 26.2 Å². The minimum atomic E-state index is -0.0443. The first-order valence-corrected chi connectivity index (χ1v) is 8.55. The van der Waals surface area contributed by atoms with Gasteiger partial charge < -0.3 is 0 Å². The van der Waals surface area contributed by atoms with Crippen LogP contribution < -0.4 is 0 Å². The van der Waals surface area contributed by atoms with E-state index in [9.17, 15) is 0 Å². The number of nitrogens with zero attached hydrogens (tertiary/aromatic N) is 1. The quantitative estimate of drug-likeness (QED) is 0.620. The summed E-state index contributed by atoms with van der Waals surface area (Å²) in [5.41, 5.74) is 7.29. The number of benzene rings is 1. The highest BCUT2D eigenvalue weighted by Gasteiger charge is 2.35. The smallest absolute Gasteiger partial charge is 0.0702 e. The Morgan fingerprint density at radius 2 is 1.96 bits per heavy atom. The number of hydrogen-bond donors (Lipinski definition) is 0. The summed E-state index contributed by atoms with van der Waals surface area (Å²) in [5, 5.41) is 0. The molecule has 1 heterocycles. The Kier molecular flexibility index (Phi) is 4.11. The van der Waals surface area contributed by atoms with E-state index in [0.717, 1.165) is 15.7 Å². The van der Waals surface area contributed by atoms with E-state index in [0.29, 0.717) is 0 Å². The minimum absolute atomic E-state index is 0.0443. The number of rotatable bonds is 3. The van der Waals surface area contributed by atoms with E-state index in [4.69, 9.17) is 0 Å².